The summed E-state index contributed by atoms with van der Waals surface area (Å²) < 4.78 is 0. The Hall–Kier alpha value is -1.47. The molecule has 18 heavy (non-hydrogen) atoms. The van der Waals surface area contributed by atoms with E-state index >= 15 is 0 Å². The Kier molecular flexibility index (Phi) is 5.73. The number of nitrogens with two attached hydrogens (primary N) is 1. The van der Waals surface area contributed by atoms with Gasteiger partial charge in [-0.3, -0.25) is 9.59 Å². The van der Waals surface area contributed by atoms with Gasteiger partial charge in [0.2, 0.25) is 5.91 Å². The number of hydrogen-bond donors (Lipinski definition) is 2. The smallest absolute Gasteiger partial charge is 0.323 e. The fourth-order valence-corrected chi connectivity index (χ4v) is 2.22. The lowest BCUT2D eigenvalue weighted by atomic mass is 10.3. The predicted octanol–water partition coefficient (Wildman–Crippen LogP) is 0.120. The molecule has 6 nitrogen and oxygen atoms in total. The molecule has 0 aliphatic carbocycles. The Morgan fingerprint density at radius 1 is 1.56 bits per heavy atom. The number of aromatic nitrogens is 1. The minimum Gasteiger partial charge on any atom is -0.480 e. The molecule has 0 aromatic carbocycles. The Bertz CT molecular complexity index is 419. The third-order valence-corrected chi connectivity index (χ3v) is 3.28. The number of carbonyl (C=O) groups excluding carboxylic acids is 1. The number of aryl methyl sites for hydroxylation is 1. The van der Waals surface area contributed by atoms with Crippen molar-refractivity contribution in [3.8, 4) is 0 Å². The first kappa shape index (κ1) is 14.6. The second kappa shape index (κ2) is 7.07. The Balaban J connectivity index is 2.48. The maximum atomic E-state index is 11.7. The minimum absolute atomic E-state index is 0.142. The summed E-state index contributed by atoms with van der Waals surface area (Å²) >= 11 is 1.50. The molecule has 0 saturated heterocycles. The molecule has 1 heterocycles. The van der Waals surface area contributed by atoms with E-state index in [1.807, 2.05) is 5.38 Å². The normalized spacial score (nSPS) is 10.3. The highest BCUT2D eigenvalue weighted by Gasteiger charge is 2.14. The molecule has 3 N–H and O–H groups in total. The van der Waals surface area contributed by atoms with E-state index in [-0.39, 0.29) is 18.9 Å². The van der Waals surface area contributed by atoms with Crippen LogP contribution < -0.4 is 5.73 Å². The predicted molar refractivity (Wildman–Crippen MR) is 68.5 cm³/mol. The zero-order chi connectivity index (χ0) is 13.5. The number of carbonyl (C=O) groups is 2. The van der Waals surface area contributed by atoms with Crippen molar-refractivity contribution in [3.63, 3.8) is 0 Å². The zero-order valence-electron chi connectivity index (χ0n) is 10.3. The first-order chi connectivity index (χ1) is 8.52. The quantitative estimate of drug-likeness (QED) is 0.734. The third-order valence-electron chi connectivity index (χ3n) is 2.32. The molecule has 1 aromatic heterocycles. The van der Waals surface area contributed by atoms with Crippen molar-refractivity contribution >= 4 is 23.2 Å². The Labute approximate surface area is 109 Å². The molecule has 0 saturated carbocycles. The van der Waals surface area contributed by atoms with Crippen LogP contribution in [0.5, 0.6) is 0 Å². The second-order valence-corrected chi connectivity index (χ2v) is 4.89. The van der Waals surface area contributed by atoms with Gasteiger partial charge in [-0.15, -0.1) is 11.3 Å². The van der Waals surface area contributed by atoms with E-state index in [0.717, 1.165) is 17.8 Å². The summed E-state index contributed by atoms with van der Waals surface area (Å²) in [7, 11) is 1.47. The molecule has 0 fully saturated rings. The summed E-state index contributed by atoms with van der Waals surface area (Å²) in [6, 6.07) is 0. The van der Waals surface area contributed by atoms with Gasteiger partial charge in [-0.2, -0.15) is 0 Å². The van der Waals surface area contributed by atoms with Crippen LogP contribution >= 0.6 is 11.3 Å². The van der Waals surface area contributed by atoms with Crippen molar-refractivity contribution in [2.24, 2.45) is 5.73 Å². The van der Waals surface area contributed by atoms with Gasteiger partial charge in [0.25, 0.3) is 0 Å². The van der Waals surface area contributed by atoms with E-state index in [1.165, 1.54) is 23.3 Å². The zero-order valence-corrected chi connectivity index (χ0v) is 11.1. The van der Waals surface area contributed by atoms with Gasteiger partial charge < -0.3 is 15.7 Å². The van der Waals surface area contributed by atoms with Crippen LogP contribution in [0.1, 0.15) is 17.1 Å². The van der Waals surface area contributed by atoms with E-state index in [2.05, 4.69) is 4.98 Å². The summed E-state index contributed by atoms with van der Waals surface area (Å²) in [4.78, 5) is 27.6. The van der Waals surface area contributed by atoms with E-state index in [9.17, 15) is 9.59 Å². The van der Waals surface area contributed by atoms with Crippen molar-refractivity contribution in [2.45, 2.75) is 19.3 Å². The lowest BCUT2D eigenvalue weighted by molar-refractivity contribution is -0.143. The largest absolute Gasteiger partial charge is 0.480 e. The number of rotatable bonds is 7. The Morgan fingerprint density at radius 3 is 2.89 bits per heavy atom. The standard InChI is InChI=1S/C11H17N3O3S/c1-14(6-11(16)17)10(15)5-8-7-18-9(13-8)3-2-4-12/h7H,2-6,12H2,1H3,(H,16,17). The average Bonchev–Trinajstić information content (AvgIpc) is 2.73. The highest BCUT2D eigenvalue weighted by Crippen LogP contribution is 2.12. The fraction of sp³-hybridized carbons (Fsp3) is 0.545. The fourth-order valence-electron chi connectivity index (χ4n) is 1.38. The number of carboxylic acid groups (broad SMARTS) is 1. The lowest BCUT2D eigenvalue weighted by Gasteiger charge is -2.13. The van der Waals surface area contributed by atoms with Crippen LogP contribution in [-0.4, -0.2) is 47.0 Å². The first-order valence-electron chi connectivity index (χ1n) is 5.62. The van der Waals surface area contributed by atoms with Crippen molar-refractivity contribution in [3.05, 3.63) is 16.1 Å². The molecule has 0 aliphatic rings. The van der Waals surface area contributed by atoms with Crippen molar-refractivity contribution in [1.29, 1.82) is 0 Å². The van der Waals surface area contributed by atoms with Crippen molar-refractivity contribution < 1.29 is 14.7 Å². The number of nitrogens with zero attached hydrogens (tertiary/aromatic N) is 2. The number of hydrogen-bond acceptors (Lipinski definition) is 5. The maximum Gasteiger partial charge on any atom is 0.323 e. The molecule has 0 atom stereocenters. The number of thiazole rings is 1. The van der Waals surface area contributed by atoms with Crippen LogP contribution in [0.2, 0.25) is 0 Å². The molecule has 0 spiro atoms. The van der Waals surface area contributed by atoms with Crippen molar-refractivity contribution in [1.82, 2.24) is 9.88 Å². The first-order valence-corrected chi connectivity index (χ1v) is 6.50. The second-order valence-electron chi connectivity index (χ2n) is 3.95. The van der Waals surface area contributed by atoms with Gasteiger partial charge in [-0.1, -0.05) is 0 Å². The molecule has 1 rings (SSSR count). The summed E-state index contributed by atoms with van der Waals surface area (Å²) in [5.41, 5.74) is 6.10. The molecule has 0 radical (unpaired) electrons. The van der Waals surface area contributed by atoms with Gasteiger partial charge in [-0.05, 0) is 13.0 Å². The van der Waals surface area contributed by atoms with E-state index in [0.29, 0.717) is 12.2 Å². The molecule has 0 unspecified atom stereocenters. The van der Waals surface area contributed by atoms with Gasteiger partial charge >= 0.3 is 5.97 Å². The number of likely N-dealkylation sites (N-methyl/N-ethyl adjacent to an activating group) is 1. The molecule has 0 bridgehead atoms. The third kappa shape index (κ3) is 4.80. The number of aliphatic carboxylic acids is 1. The molecule has 1 aromatic rings. The van der Waals surface area contributed by atoms with E-state index in [1.54, 1.807) is 0 Å². The van der Waals surface area contributed by atoms with Gasteiger partial charge in [0.15, 0.2) is 0 Å². The van der Waals surface area contributed by atoms with Crippen molar-refractivity contribution in [2.75, 3.05) is 20.1 Å². The van der Waals surface area contributed by atoms with Crippen LogP contribution in [0.25, 0.3) is 0 Å². The monoisotopic (exact) mass is 271 g/mol. The molecule has 100 valence electrons. The van der Waals surface area contributed by atoms with Crippen LogP contribution in [-0.2, 0) is 22.4 Å². The van der Waals surface area contributed by atoms with Gasteiger partial charge in [-0.25, -0.2) is 4.98 Å². The van der Waals surface area contributed by atoms with Gasteiger partial charge in [0.1, 0.15) is 6.54 Å². The van der Waals surface area contributed by atoms with Gasteiger partial charge in [0, 0.05) is 18.8 Å². The highest BCUT2D eigenvalue weighted by molar-refractivity contribution is 7.09. The molecule has 1 amide bonds. The maximum absolute atomic E-state index is 11.7. The summed E-state index contributed by atoms with van der Waals surface area (Å²) in [6.07, 6.45) is 1.84. The summed E-state index contributed by atoms with van der Waals surface area (Å²) in [6.45, 7) is 0.332. The molecular formula is C11H17N3O3S. The molecule has 7 heteroatoms. The van der Waals surface area contributed by atoms with Crippen LogP contribution in [0, 0.1) is 0 Å². The van der Waals surface area contributed by atoms with Crippen LogP contribution in [0.3, 0.4) is 0 Å². The average molecular weight is 271 g/mol. The lowest BCUT2D eigenvalue weighted by Crippen LogP contribution is -2.33. The Morgan fingerprint density at radius 2 is 2.28 bits per heavy atom. The van der Waals surface area contributed by atoms with Crippen LogP contribution in [0.4, 0.5) is 0 Å². The highest BCUT2D eigenvalue weighted by atomic mass is 32.1. The number of amides is 1. The molecular weight excluding hydrogens is 254 g/mol. The number of carboxylic acids is 1. The molecule has 0 aliphatic heterocycles. The van der Waals surface area contributed by atoms with E-state index < -0.39 is 5.97 Å². The summed E-state index contributed by atoms with van der Waals surface area (Å²) in [5, 5.41) is 11.4. The summed E-state index contributed by atoms with van der Waals surface area (Å²) in [5.74, 6) is -1.26. The van der Waals surface area contributed by atoms with E-state index in [4.69, 9.17) is 10.8 Å². The topological polar surface area (TPSA) is 96.5 Å². The van der Waals surface area contributed by atoms with Crippen LogP contribution in [0.15, 0.2) is 5.38 Å². The SMILES string of the molecule is CN(CC(=O)O)C(=O)Cc1csc(CCCN)n1. The minimum atomic E-state index is -1.02. The van der Waals surface area contributed by atoms with Gasteiger partial charge in [0.05, 0.1) is 17.1 Å².